The molecule has 3 rings (SSSR count). The Kier molecular flexibility index (Phi) is 5.10. The van der Waals surface area contributed by atoms with E-state index in [2.05, 4.69) is 16.2 Å². The molecule has 2 aromatic rings. The van der Waals surface area contributed by atoms with E-state index in [9.17, 15) is 4.79 Å². The van der Waals surface area contributed by atoms with Crippen LogP contribution in [0.3, 0.4) is 0 Å². The Hall–Kier alpha value is -2.32. The van der Waals surface area contributed by atoms with Crippen molar-refractivity contribution in [3.8, 4) is 12.3 Å². The maximum absolute atomic E-state index is 12.8. The Morgan fingerprint density at radius 3 is 2.64 bits per heavy atom. The summed E-state index contributed by atoms with van der Waals surface area (Å²) in [7, 11) is 0. The minimum atomic E-state index is -0.857. The van der Waals surface area contributed by atoms with Crippen molar-refractivity contribution in [2.75, 3.05) is 0 Å². The molecule has 0 N–H and O–H groups in total. The molecule has 0 saturated heterocycles. The lowest BCUT2D eigenvalue weighted by atomic mass is 9.85. The van der Waals surface area contributed by atoms with Gasteiger partial charge in [0.2, 0.25) is 0 Å². The molecule has 0 spiro atoms. The second kappa shape index (κ2) is 7.28. The van der Waals surface area contributed by atoms with Gasteiger partial charge in [-0.05, 0) is 38.2 Å². The largest absolute Gasteiger partial charge is 0.441 e. The Morgan fingerprint density at radius 1 is 1.32 bits per heavy atom. The highest BCUT2D eigenvalue weighted by molar-refractivity contribution is 6.32. The van der Waals surface area contributed by atoms with E-state index in [0.717, 1.165) is 24.8 Å². The molecule has 1 saturated carbocycles. The van der Waals surface area contributed by atoms with Gasteiger partial charge in [0.15, 0.2) is 16.4 Å². The fraction of sp³-hybridized carbons (Fsp3) is 0.421. The van der Waals surface area contributed by atoms with Gasteiger partial charge in [0, 0.05) is 0 Å². The number of nitrogens with zero attached hydrogens (tertiary/aromatic N) is 3. The van der Waals surface area contributed by atoms with Crippen molar-refractivity contribution in [1.29, 1.82) is 0 Å². The Balaban J connectivity index is 1.89. The molecule has 1 aromatic heterocycles. The molecular formula is C19H20ClN3O2. The molecule has 0 amide bonds. The van der Waals surface area contributed by atoms with Crippen LogP contribution < -0.4 is 0 Å². The van der Waals surface area contributed by atoms with E-state index in [1.54, 1.807) is 0 Å². The summed E-state index contributed by atoms with van der Waals surface area (Å²) in [6.45, 7) is 1.93. The van der Waals surface area contributed by atoms with Crippen molar-refractivity contribution in [1.82, 2.24) is 15.0 Å². The number of hydrogen-bond acceptors (Lipinski definition) is 4. The van der Waals surface area contributed by atoms with E-state index in [1.807, 2.05) is 37.3 Å². The molecule has 130 valence electrons. The van der Waals surface area contributed by atoms with Crippen LogP contribution in [0.2, 0.25) is 5.15 Å². The lowest BCUT2D eigenvalue weighted by Crippen LogP contribution is -2.36. The highest BCUT2D eigenvalue weighted by Gasteiger charge is 2.36. The topological polar surface area (TPSA) is 57.0 Å². The number of rotatable bonds is 4. The van der Waals surface area contributed by atoms with Crippen LogP contribution in [0.1, 0.15) is 61.1 Å². The highest BCUT2D eigenvalue weighted by Crippen LogP contribution is 2.33. The Bertz CT molecular complexity index is 789. The molecule has 0 aliphatic heterocycles. The van der Waals surface area contributed by atoms with Crippen molar-refractivity contribution in [3.63, 3.8) is 0 Å². The first-order valence-corrected chi connectivity index (χ1v) is 8.81. The van der Waals surface area contributed by atoms with Crippen molar-refractivity contribution in [3.05, 3.63) is 46.7 Å². The van der Waals surface area contributed by atoms with Gasteiger partial charge in [-0.3, -0.25) is 0 Å². The third-order valence-electron chi connectivity index (χ3n) is 4.71. The smallest absolute Gasteiger partial charge is 0.361 e. The summed E-state index contributed by atoms with van der Waals surface area (Å²) < 4.78 is 7.21. The first kappa shape index (κ1) is 17.5. The summed E-state index contributed by atoms with van der Waals surface area (Å²) in [6, 6.07) is 9.49. The summed E-state index contributed by atoms with van der Waals surface area (Å²) in [4.78, 5) is 12.8. The van der Waals surface area contributed by atoms with Gasteiger partial charge in [-0.2, -0.15) is 0 Å². The number of esters is 1. The van der Waals surface area contributed by atoms with Gasteiger partial charge in [-0.15, -0.1) is 11.5 Å². The Morgan fingerprint density at radius 2 is 2.00 bits per heavy atom. The summed E-state index contributed by atoms with van der Waals surface area (Å²) in [5.74, 6) is 2.10. The molecule has 0 unspecified atom stereocenters. The fourth-order valence-corrected chi connectivity index (χ4v) is 3.42. The van der Waals surface area contributed by atoms with Crippen LogP contribution in [0, 0.1) is 12.3 Å². The van der Waals surface area contributed by atoms with Crippen molar-refractivity contribution in [2.45, 2.75) is 50.7 Å². The lowest BCUT2D eigenvalue weighted by Gasteiger charge is -2.32. The number of carbonyl (C=O) groups is 1. The third kappa shape index (κ3) is 3.54. The number of hydrogen-bond donors (Lipinski definition) is 0. The number of halogens is 1. The van der Waals surface area contributed by atoms with Gasteiger partial charge in [-0.1, -0.05) is 59.5 Å². The third-order valence-corrected chi connectivity index (χ3v) is 4.96. The van der Waals surface area contributed by atoms with Gasteiger partial charge in [0.05, 0.1) is 6.04 Å². The maximum atomic E-state index is 12.8. The molecule has 1 heterocycles. The number of terminal acetylenes is 1. The minimum Gasteiger partial charge on any atom is -0.441 e. The number of aromatic nitrogens is 3. The van der Waals surface area contributed by atoms with E-state index in [1.165, 1.54) is 4.68 Å². The molecule has 0 bridgehead atoms. The number of ether oxygens (including phenoxy) is 1. The second-order valence-corrected chi connectivity index (χ2v) is 6.71. The number of benzene rings is 1. The van der Waals surface area contributed by atoms with E-state index < -0.39 is 11.6 Å². The van der Waals surface area contributed by atoms with E-state index >= 15 is 0 Å². The second-order valence-electron chi connectivity index (χ2n) is 6.35. The average Bonchev–Trinajstić information content (AvgIpc) is 3.04. The molecule has 1 aromatic carbocycles. The monoisotopic (exact) mass is 357 g/mol. The van der Waals surface area contributed by atoms with Gasteiger partial charge in [0.1, 0.15) is 0 Å². The SMILES string of the molecule is C#CC1(OC(=O)c2c(Cl)nnn2[C@H](C)c2ccccc2)CCCCC1. The normalized spacial score (nSPS) is 17.5. The molecule has 5 nitrogen and oxygen atoms in total. The molecule has 25 heavy (non-hydrogen) atoms. The molecule has 1 atom stereocenters. The van der Waals surface area contributed by atoms with Crippen LogP contribution >= 0.6 is 11.6 Å². The van der Waals surface area contributed by atoms with Gasteiger partial charge in [0.25, 0.3) is 0 Å². The molecule has 1 aliphatic rings. The van der Waals surface area contributed by atoms with Crippen molar-refractivity contribution in [2.24, 2.45) is 0 Å². The van der Waals surface area contributed by atoms with E-state index in [0.29, 0.717) is 12.8 Å². The average molecular weight is 358 g/mol. The van der Waals surface area contributed by atoms with Crippen LogP contribution in [-0.2, 0) is 4.74 Å². The highest BCUT2D eigenvalue weighted by atomic mass is 35.5. The Labute approximate surface area is 152 Å². The van der Waals surface area contributed by atoms with Crippen molar-refractivity contribution < 1.29 is 9.53 Å². The number of carbonyl (C=O) groups excluding carboxylic acids is 1. The van der Waals surface area contributed by atoms with Crippen LogP contribution in [0.4, 0.5) is 0 Å². The quantitative estimate of drug-likeness (QED) is 0.612. The van der Waals surface area contributed by atoms with Crippen LogP contribution in [0.15, 0.2) is 30.3 Å². The van der Waals surface area contributed by atoms with Crippen LogP contribution in [-0.4, -0.2) is 26.6 Å². The summed E-state index contributed by atoms with van der Waals surface area (Å²) in [5.41, 5.74) is 0.268. The maximum Gasteiger partial charge on any atom is 0.361 e. The zero-order chi connectivity index (χ0) is 17.9. The first-order valence-electron chi connectivity index (χ1n) is 8.43. The van der Waals surface area contributed by atoms with Gasteiger partial charge in [-0.25, -0.2) is 9.48 Å². The summed E-state index contributed by atoms with van der Waals surface area (Å²) in [6.07, 6.45) is 10.0. The standard InChI is InChI=1S/C19H20ClN3O2/c1-3-19(12-8-5-9-13-19)25-18(24)16-17(20)21-22-23(16)14(2)15-10-6-4-7-11-15/h1,4,6-7,10-11,14H,5,8-9,12-13H2,2H3/t14-/m1/s1. The molecule has 1 fully saturated rings. The predicted octanol–water partition coefficient (Wildman–Crippen LogP) is 4.03. The minimum absolute atomic E-state index is 0.0239. The summed E-state index contributed by atoms with van der Waals surface area (Å²) >= 11 is 6.13. The first-order chi connectivity index (χ1) is 12.1. The predicted molar refractivity (Wildman–Crippen MR) is 95.4 cm³/mol. The summed E-state index contributed by atoms with van der Waals surface area (Å²) in [5, 5.41) is 7.91. The lowest BCUT2D eigenvalue weighted by molar-refractivity contribution is -0.00792. The van der Waals surface area contributed by atoms with E-state index in [-0.39, 0.29) is 16.9 Å². The van der Waals surface area contributed by atoms with E-state index in [4.69, 9.17) is 22.8 Å². The molecule has 0 radical (unpaired) electrons. The van der Waals surface area contributed by atoms with Gasteiger partial charge >= 0.3 is 5.97 Å². The van der Waals surface area contributed by atoms with Gasteiger partial charge < -0.3 is 4.74 Å². The van der Waals surface area contributed by atoms with Crippen LogP contribution in [0.25, 0.3) is 0 Å². The van der Waals surface area contributed by atoms with Crippen molar-refractivity contribution >= 4 is 17.6 Å². The molecule has 1 aliphatic carbocycles. The molecular weight excluding hydrogens is 338 g/mol. The van der Waals surface area contributed by atoms with Crippen LogP contribution in [0.5, 0.6) is 0 Å². The zero-order valence-electron chi connectivity index (χ0n) is 14.1. The zero-order valence-corrected chi connectivity index (χ0v) is 14.9. The fourth-order valence-electron chi connectivity index (χ4n) is 3.22. The molecule has 6 heteroatoms.